The monoisotopic (exact) mass is 326 g/mol. The van der Waals surface area contributed by atoms with E-state index in [1.165, 1.54) is 0 Å². The average molecular weight is 326 g/mol. The average Bonchev–Trinajstić information content (AvgIpc) is 2.51. The molecule has 23 heavy (non-hydrogen) atoms. The Bertz CT molecular complexity index is 385. The topological polar surface area (TPSA) is 87.5 Å². The van der Waals surface area contributed by atoms with Gasteiger partial charge in [0.25, 0.3) is 0 Å². The minimum Gasteiger partial charge on any atom is -0.352 e. The molecule has 2 atom stereocenters. The van der Waals surface area contributed by atoms with E-state index < -0.39 is 0 Å². The summed E-state index contributed by atoms with van der Waals surface area (Å²) in [5.74, 6) is 0.815. The Morgan fingerprint density at radius 3 is 2.48 bits per heavy atom. The van der Waals surface area contributed by atoms with E-state index in [2.05, 4.69) is 38.3 Å². The molecule has 1 fully saturated rings. The quantitative estimate of drug-likeness (QED) is 0.663. The third-order valence-electron chi connectivity index (χ3n) is 4.13. The van der Waals surface area contributed by atoms with E-state index in [9.17, 15) is 9.59 Å². The third kappa shape index (κ3) is 7.20. The highest BCUT2D eigenvalue weighted by atomic mass is 16.2. The number of nitrogens with zero attached hydrogens (tertiary/aromatic N) is 1. The van der Waals surface area contributed by atoms with Gasteiger partial charge in [-0.15, -0.1) is 0 Å². The number of nitrogens with two attached hydrogens (primary N) is 1. The second-order valence-corrected chi connectivity index (χ2v) is 7.44. The molecule has 0 aromatic rings. The normalized spacial score (nSPS) is 19.8. The fourth-order valence-electron chi connectivity index (χ4n) is 2.88. The van der Waals surface area contributed by atoms with Gasteiger partial charge in [-0.1, -0.05) is 27.7 Å². The zero-order chi connectivity index (χ0) is 17.4. The summed E-state index contributed by atoms with van der Waals surface area (Å²) in [6.45, 7) is 10.7. The Balaban J connectivity index is 2.49. The number of nitrogens with one attached hydrogen (secondary N) is 2. The number of piperidine rings is 1. The van der Waals surface area contributed by atoms with Gasteiger partial charge in [0, 0.05) is 32.2 Å². The van der Waals surface area contributed by atoms with Gasteiger partial charge < -0.3 is 21.3 Å². The van der Waals surface area contributed by atoms with Crippen molar-refractivity contribution in [1.29, 1.82) is 0 Å². The van der Waals surface area contributed by atoms with Gasteiger partial charge in [0.1, 0.15) is 0 Å². The number of rotatable bonds is 7. The van der Waals surface area contributed by atoms with Crippen LogP contribution in [-0.2, 0) is 4.79 Å². The molecule has 4 N–H and O–H groups in total. The van der Waals surface area contributed by atoms with Crippen LogP contribution in [-0.4, -0.2) is 49.1 Å². The van der Waals surface area contributed by atoms with Crippen molar-refractivity contribution < 1.29 is 9.59 Å². The molecule has 0 bridgehead atoms. The van der Waals surface area contributed by atoms with Crippen molar-refractivity contribution in [2.75, 3.05) is 26.2 Å². The second-order valence-electron chi connectivity index (χ2n) is 7.44. The summed E-state index contributed by atoms with van der Waals surface area (Å²) >= 11 is 0. The SMILES string of the molecule is CC(C)CNC(=O)N1CCCC(C(=O)NC(CN)CC(C)C)C1. The molecular formula is C17H34N4O2. The molecular weight excluding hydrogens is 292 g/mol. The molecule has 0 aliphatic carbocycles. The summed E-state index contributed by atoms with van der Waals surface area (Å²) in [6.07, 6.45) is 2.58. The van der Waals surface area contributed by atoms with Crippen molar-refractivity contribution in [3.8, 4) is 0 Å². The van der Waals surface area contributed by atoms with Crippen LogP contribution in [0.15, 0.2) is 0 Å². The number of hydrogen-bond acceptors (Lipinski definition) is 3. The van der Waals surface area contributed by atoms with Crippen LogP contribution in [0.2, 0.25) is 0 Å². The fraction of sp³-hybridized carbons (Fsp3) is 0.882. The molecule has 134 valence electrons. The first kappa shape index (κ1) is 19.7. The summed E-state index contributed by atoms with van der Waals surface area (Å²) in [5.41, 5.74) is 5.75. The third-order valence-corrected chi connectivity index (χ3v) is 4.13. The number of urea groups is 1. The Morgan fingerprint density at radius 2 is 1.91 bits per heavy atom. The van der Waals surface area contributed by atoms with Crippen LogP contribution >= 0.6 is 0 Å². The predicted octanol–water partition coefficient (Wildman–Crippen LogP) is 1.55. The van der Waals surface area contributed by atoms with Gasteiger partial charge in [0.15, 0.2) is 0 Å². The van der Waals surface area contributed by atoms with Crippen molar-refractivity contribution in [3.05, 3.63) is 0 Å². The summed E-state index contributed by atoms with van der Waals surface area (Å²) in [4.78, 5) is 26.4. The van der Waals surface area contributed by atoms with E-state index in [-0.39, 0.29) is 23.9 Å². The standard InChI is InChI=1S/C17H34N4O2/c1-12(2)8-15(9-18)20-16(22)14-6-5-7-21(11-14)17(23)19-10-13(3)4/h12-15H,5-11,18H2,1-4H3,(H,19,23)(H,20,22). The lowest BCUT2D eigenvalue weighted by Crippen LogP contribution is -2.51. The van der Waals surface area contributed by atoms with Gasteiger partial charge in [-0.05, 0) is 31.1 Å². The largest absolute Gasteiger partial charge is 0.352 e. The number of carbonyl (C=O) groups excluding carboxylic acids is 2. The van der Waals surface area contributed by atoms with E-state index in [4.69, 9.17) is 5.73 Å². The summed E-state index contributed by atoms with van der Waals surface area (Å²) < 4.78 is 0. The minimum atomic E-state index is -0.130. The van der Waals surface area contributed by atoms with Crippen molar-refractivity contribution in [2.24, 2.45) is 23.5 Å². The Morgan fingerprint density at radius 1 is 1.22 bits per heavy atom. The van der Waals surface area contributed by atoms with E-state index in [1.807, 2.05) is 0 Å². The molecule has 1 heterocycles. The lowest BCUT2D eigenvalue weighted by atomic mass is 9.96. The highest BCUT2D eigenvalue weighted by molar-refractivity contribution is 5.81. The second kappa shape index (κ2) is 9.75. The van der Waals surface area contributed by atoms with Crippen LogP contribution in [0.3, 0.4) is 0 Å². The molecule has 0 aromatic heterocycles. The lowest BCUT2D eigenvalue weighted by Gasteiger charge is -2.33. The van der Waals surface area contributed by atoms with E-state index in [0.717, 1.165) is 25.8 Å². The van der Waals surface area contributed by atoms with Crippen LogP contribution in [0.1, 0.15) is 47.0 Å². The molecule has 0 aromatic carbocycles. The number of amides is 3. The van der Waals surface area contributed by atoms with Gasteiger partial charge >= 0.3 is 6.03 Å². The Kier molecular flexibility index (Phi) is 8.37. The van der Waals surface area contributed by atoms with Crippen molar-refractivity contribution in [1.82, 2.24) is 15.5 Å². The molecule has 3 amide bonds. The maximum absolute atomic E-state index is 12.5. The molecule has 6 heteroatoms. The van der Waals surface area contributed by atoms with E-state index >= 15 is 0 Å². The van der Waals surface area contributed by atoms with Crippen LogP contribution in [0, 0.1) is 17.8 Å². The van der Waals surface area contributed by atoms with Crippen LogP contribution in [0.4, 0.5) is 4.79 Å². The number of hydrogen-bond donors (Lipinski definition) is 3. The molecule has 1 aliphatic heterocycles. The predicted molar refractivity (Wildman–Crippen MR) is 93.0 cm³/mol. The Labute approximate surface area is 140 Å². The molecule has 2 unspecified atom stereocenters. The first-order valence-electron chi connectivity index (χ1n) is 8.86. The zero-order valence-electron chi connectivity index (χ0n) is 15.1. The first-order chi connectivity index (χ1) is 10.8. The highest BCUT2D eigenvalue weighted by Crippen LogP contribution is 2.17. The maximum atomic E-state index is 12.5. The summed E-state index contributed by atoms with van der Waals surface area (Å²) in [6, 6.07) is -0.0404. The number of likely N-dealkylation sites (tertiary alicyclic amines) is 1. The minimum absolute atomic E-state index is 0.0210. The molecule has 1 saturated heterocycles. The van der Waals surface area contributed by atoms with Crippen molar-refractivity contribution in [2.45, 2.75) is 53.0 Å². The van der Waals surface area contributed by atoms with Crippen molar-refractivity contribution in [3.63, 3.8) is 0 Å². The van der Waals surface area contributed by atoms with Gasteiger partial charge in [0.05, 0.1) is 5.92 Å². The highest BCUT2D eigenvalue weighted by Gasteiger charge is 2.29. The van der Waals surface area contributed by atoms with E-state index in [1.54, 1.807) is 4.90 Å². The van der Waals surface area contributed by atoms with Gasteiger partial charge in [0.2, 0.25) is 5.91 Å². The molecule has 1 aliphatic rings. The maximum Gasteiger partial charge on any atom is 0.317 e. The summed E-state index contributed by atoms with van der Waals surface area (Å²) in [7, 11) is 0. The molecule has 0 spiro atoms. The van der Waals surface area contributed by atoms with Gasteiger partial charge in [-0.3, -0.25) is 4.79 Å². The van der Waals surface area contributed by atoms with Gasteiger partial charge in [-0.25, -0.2) is 4.79 Å². The summed E-state index contributed by atoms with van der Waals surface area (Å²) in [5, 5.41) is 5.98. The molecule has 0 radical (unpaired) electrons. The molecule has 0 saturated carbocycles. The molecule has 6 nitrogen and oxygen atoms in total. The smallest absolute Gasteiger partial charge is 0.317 e. The van der Waals surface area contributed by atoms with Crippen LogP contribution < -0.4 is 16.4 Å². The van der Waals surface area contributed by atoms with Crippen LogP contribution in [0.5, 0.6) is 0 Å². The fourth-order valence-corrected chi connectivity index (χ4v) is 2.88. The van der Waals surface area contributed by atoms with Crippen LogP contribution in [0.25, 0.3) is 0 Å². The Hall–Kier alpha value is -1.30. The lowest BCUT2D eigenvalue weighted by molar-refractivity contribution is -0.127. The first-order valence-corrected chi connectivity index (χ1v) is 8.86. The van der Waals surface area contributed by atoms with Crippen molar-refractivity contribution >= 4 is 11.9 Å². The zero-order valence-corrected chi connectivity index (χ0v) is 15.1. The van der Waals surface area contributed by atoms with Gasteiger partial charge in [-0.2, -0.15) is 0 Å². The number of carbonyl (C=O) groups is 2. The van der Waals surface area contributed by atoms with E-state index in [0.29, 0.717) is 31.5 Å². The molecule has 1 rings (SSSR count).